The lowest BCUT2D eigenvalue weighted by Crippen LogP contribution is -2.23. The van der Waals surface area contributed by atoms with Crippen LogP contribution in [-0.4, -0.2) is 50.0 Å². The quantitative estimate of drug-likeness (QED) is 0.571. The number of likely N-dealkylation sites (tertiary alicyclic amines) is 1. The third kappa shape index (κ3) is 1.48. The van der Waals surface area contributed by atoms with Crippen molar-refractivity contribution in [2.45, 2.75) is 6.10 Å². The van der Waals surface area contributed by atoms with Crippen molar-refractivity contribution in [3.8, 4) is 0 Å². The van der Waals surface area contributed by atoms with E-state index in [0.29, 0.717) is 5.92 Å². The highest BCUT2D eigenvalue weighted by molar-refractivity contribution is 4.82. The SMILES string of the molecule is CO[C@H]1CN(C)C[C@@H]1CO. The van der Waals surface area contributed by atoms with Gasteiger partial charge in [-0.25, -0.2) is 0 Å². The summed E-state index contributed by atoms with van der Waals surface area (Å²) in [6.07, 6.45) is 0.231. The molecule has 3 nitrogen and oxygen atoms in total. The summed E-state index contributed by atoms with van der Waals surface area (Å²) in [4.78, 5) is 2.18. The normalized spacial score (nSPS) is 35.1. The smallest absolute Gasteiger partial charge is 0.0760 e. The van der Waals surface area contributed by atoms with Gasteiger partial charge in [-0.1, -0.05) is 0 Å². The highest BCUT2D eigenvalue weighted by atomic mass is 16.5. The lowest BCUT2D eigenvalue weighted by Gasteiger charge is -2.12. The van der Waals surface area contributed by atoms with E-state index in [9.17, 15) is 0 Å². The molecule has 0 aromatic rings. The summed E-state index contributed by atoms with van der Waals surface area (Å²) in [6, 6.07) is 0. The molecular weight excluding hydrogens is 130 g/mol. The Morgan fingerprint density at radius 1 is 1.60 bits per heavy atom. The molecule has 0 aromatic carbocycles. The van der Waals surface area contributed by atoms with Gasteiger partial charge in [-0.3, -0.25) is 0 Å². The highest BCUT2D eigenvalue weighted by Gasteiger charge is 2.29. The fourth-order valence-electron chi connectivity index (χ4n) is 1.49. The molecule has 0 spiro atoms. The number of ether oxygens (including phenoxy) is 1. The largest absolute Gasteiger partial charge is 0.396 e. The first-order chi connectivity index (χ1) is 4.77. The zero-order valence-electron chi connectivity index (χ0n) is 6.58. The summed E-state index contributed by atoms with van der Waals surface area (Å²) < 4.78 is 5.18. The molecule has 1 saturated heterocycles. The van der Waals surface area contributed by atoms with E-state index in [1.54, 1.807) is 7.11 Å². The summed E-state index contributed by atoms with van der Waals surface area (Å²) in [6.45, 7) is 2.14. The summed E-state index contributed by atoms with van der Waals surface area (Å²) in [5, 5.41) is 8.88. The minimum Gasteiger partial charge on any atom is -0.396 e. The second-order valence-corrected chi connectivity index (χ2v) is 2.94. The van der Waals surface area contributed by atoms with E-state index in [-0.39, 0.29) is 12.7 Å². The average Bonchev–Trinajstić information content (AvgIpc) is 2.30. The van der Waals surface area contributed by atoms with E-state index >= 15 is 0 Å². The number of aliphatic hydroxyl groups is 1. The molecule has 10 heavy (non-hydrogen) atoms. The second kappa shape index (κ2) is 3.32. The number of aliphatic hydroxyl groups excluding tert-OH is 1. The average molecular weight is 145 g/mol. The summed E-state index contributed by atoms with van der Waals surface area (Å²) in [5.41, 5.74) is 0. The van der Waals surface area contributed by atoms with Crippen LogP contribution in [0.25, 0.3) is 0 Å². The summed E-state index contributed by atoms with van der Waals surface area (Å²) >= 11 is 0. The van der Waals surface area contributed by atoms with Gasteiger partial charge in [-0.15, -0.1) is 0 Å². The van der Waals surface area contributed by atoms with Crippen LogP contribution in [-0.2, 0) is 4.74 Å². The van der Waals surface area contributed by atoms with Crippen LogP contribution in [0, 0.1) is 5.92 Å². The predicted octanol–water partition coefficient (Wildman–Crippen LogP) is -0.445. The van der Waals surface area contributed by atoms with Gasteiger partial charge in [0.1, 0.15) is 0 Å². The van der Waals surface area contributed by atoms with E-state index in [0.717, 1.165) is 13.1 Å². The van der Waals surface area contributed by atoms with Gasteiger partial charge in [-0.05, 0) is 7.05 Å². The van der Waals surface area contributed by atoms with Gasteiger partial charge in [0.2, 0.25) is 0 Å². The monoisotopic (exact) mass is 145 g/mol. The first-order valence-electron chi connectivity index (χ1n) is 3.60. The molecule has 0 aliphatic carbocycles. The molecule has 60 valence electrons. The van der Waals surface area contributed by atoms with Gasteiger partial charge >= 0.3 is 0 Å². The highest BCUT2D eigenvalue weighted by Crippen LogP contribution is 2.16. The zero-order chi connectivity index (χ0) is 7.56. The lowest BCUT2D eigenvalue weighted by molar-refractivity contribution is 0.0563. The number of methoxy groups -OCH3 is 1. The van der Waals surface area contributed by atoms with Crippen molar-refractivity contribution in [1.82, 2.24) is 4.90 Å². The van der Waals surface area contributed by atoms with Crippen LogP contribution >= 0.6 is 0 Å². The third-order valence-corrected chi connectivity index (χ3v) is 2.10. The molecule has 0 saturated carbocycles. The lowest BCUT2D eigenvalue weighted by atomic mass is 10.1. The van der Waals surface area contributed by atoms with Crippen LogP contribution < -0.4 is 0 Å². The minimum absolute atomic E-state index is 0.231. The van der Waals surface area contributed by atoms with Crippen LogP contribution in [0.4, 0.5) is 0 Å². The van der Waals surface area contributed by atoms with Crippen molar-refractivity contribution in [3.63, 3.8) is 0 Å². The Balaban J connectivity index is 2.41. The summed E-state index contributed by atoms with van der Waals surface area (Å²) in [5.74, 6) is 0.315. The number of hydrogen-bond acceptors (Lipinski definition) is 3. The standard InChI is InChI=1S/C7H15NO2/c1-8-3-6(5-9)7(4-8)10-2/h6-7,9H,3-5H2,1-2H3/t6-,7+/m1/s1. The topological polar surface area (TPSA) is 32.7 Å². The molecule has 1 fully saturated rings. The van der Waals surface area contributed by atoms with Gasteiger partial charge < -0.3 is 14.7 Å². The molecule has 0 unspecified atom stereocenters. The molecule has 2 atom stereocenters. The van der Waals surface area contributed by atoms with Crippen molar-refractivity contribution in [1.29, 1.82) is 0 Å². The van der Waals surface area contributed by atoms with Crippen LogP contribution in [0.15, 0.2) is 0 Å². The molecule has 0 radical (unpaired) electrons. The maximum atomic E-state index is 8.88. The Morgan fingerprint density at radius 2 is 2.30 bits per heavy atom. The Morgan fingerprint density at radius 3 is 2.70 bits per heavy atom. The van der Waals surface area contributed by atoms with Gasteiger partial charge in [0.15, 0.2) is 0 Å². The van der Waals surface area contributed by atoms with E-state index in [2.05, 4.69) is 4.90 Å². The van der Waals surface area contributed by atoms with E-state index < -0.39 is 0 Å². The number of rotatable bonds is 2. The van der Waals surface area contributed by atoms with Crippen molar-refractivity contribution >= 4 is 0 Å². The van der Waals surface area contributed by atoms with Crippen LogP contribution in [0.3, 0.4) is 0 Å². The molecule has 1 rings (SSSR count). The van der Waals surface area contributed by atoms with Crippen LogP contribution in [0.1, 0.15) is 0 Å². The van der Waals surface area contributed by atoms with Crippen molar-refractivity contribution in [2.75, 3.05) is 33.9 Å². The number of nitrogens with zero attached hydrogens (tertiary/aromatic N) is 1. The first kappa shape index (κ1) is 7.98. The second-order valence-electron chi connectivity index (χ2n) is 2.94. The van der Waals surface area contributed by atoms with Gasteiger partial charge in [0, 0.05) is 32.7 Å². The molecule has 1 aliphatic heterocycles. The molecule has 1 heterocycles. The molecule has 0 bridgehead atoms. The predicted molar refractivity (Wildman–Crippen MR) is 38.9 cm³/mol. The first-order valence-corrected chi connectivity index (χ1v) is 3.60. The maximum Gasteiger partial charge on any atom is 0.0760 e. The van der Waals surface area contributed by atoms with Gasteiger partial charge in [0.25, 0.3) is 0 Å². The third-order valence-electron chi connectivity index (χ3n) is 2.10. The fraction of sp³-hybridized carbons (Fsp3) is 1.00. The molecule has 3 heteroatoms. The van der Waals surface area contributed by atoms with Crippen molar-refractivity contribution < 1.29 is 9.84 Å². The Bertz CT molecular complexity index is 95.8. The molecular formula is C7H15NO2. The van der Waals surface area contributed by atoms with Crippen LogP contribution in [0.2, 0.25) is 0 Å². The molecule has 1 N–H and O–H groups in total. The minimum atomic E-state index is 0.231. The Labute approximate surface area is 61.6 Å². The molecule has 0 aromatic heterocycles. The maximum absolute atomic E-state index is 8.88. The Hall–Kier alpha value is -0.120. The van der Waals surface area contributed by atoms with E-state index in [1.807, 2.05) is 7.05 Å². The van der Waals surface area contributed by atoms with Crippen molar-refractivity contribution in [3.05, 3.63) is 0 Å². The van der Waals surface area contributed by atoms with E-state index in [1.165, 1.54) is 0 Å². The fourth-order valence-corrected chi connectivity index (χ4v) is 1.49. The number of likely N-dealkylation sites (N-methyl/N-ethyl adjacent to an activating group) is 1. The molecule has 0 amide bonds. The van der Waals surface area contributed by atoms with Gasteiger partial charge in [0.05, 0.1) is 6.10 Å². The molecule has 1 aliphatic rings. The van der Waals surface area contributed by atoms with Gasteiger partial charge in [-0.2, -0.15) is 0 Å². The van der Waals surface area contributed by atoms with Crippen molar-refractivity contribution in [2.24, 2.45) is 5.92 Å². The van der Waals surface area contributed by atoms with E-state index in [4.69, 9.17) is 9.84 Å². The Kier molecular flexibility index (Phi) is 2.65. The summed E-state index contributed by atoms with van der Waals surface area (Å²) in [7, 11) is 3.74. The number of hydrogen-bond donors (Lipinski definition) is 1. The zero-order valence-corrected chi connectivity index (χ0v) is 6.58. The van der Waals surface area contributed by atoms with Crippen LogP contribution in [0.5, 0.6) is 0 Å².